The van der Waals surface area contributed by atoms with E-state index in [9.17, 15) is 4.79 Å². The molecular weight excluding hydrogens is 450 g/mol. The molecule has 5 nitrogen and oxygen atoms in total. The number of methoxy groups -OCH3 is 1. The third kappa shape index (κ3) is 4.21. The van der Waals surface area contributed by atoms with Gasteiger partial charge in [-0.15, -0.1) is 0 Å². The number of carbonyl (C=O) groups excluding carboxylic acids is 1. The molecule has 0 aliphatic carbocycles. The van der Waals surface area contributed by atoms with Crippen molar-refractivity contribution < 1.29 is 9.53 Å². The minimum absolute atomic E-state index is 0.177. The summed E-state index contributed by atoms with van der Waals surface area (Å²) in [6.45, 7) is 0.935. The third-order valence-corrected chi connectivity index (χ3v) is 7.29. The first kappa shape index (κ1) is 20.2. The number of nitrogens with zero attached hydrogens (tertiary/aromatic N) is 2. The minimum atomic E-state index is -0.177. The highest BCUT2D eigenvalue weighted by atomic mass is 35.5. The lowest BCUT2D eigenvalue weighted by Crippen LogP contribution is -2.12. The average Bonchev–Trinajstić information content (AvgIpc) is 3.36. The number of benzene rings is 3. The molecule has 1 aliphatic rings. The second-order valence-corrected chi connectivity index (χ2v) is 9.61. The smallest absolute Gasteiger partial charge is 0.257 e. The monoisotopic (exact) mass is 467 g/mol. The topological polar surface area (TPSA) is 54.5 Å². The standard InChI is InChI=1S/C23H18ClN3O2S2/c1-29-17-5-8-19-21(13-17)30-23(25-19)26-22(28)14-2-6-18(7-3-14)31-27-11-10-15-12-16(24)4-9-20(15)27/h2-9,12-13H,10-11H2,1H3,(H,25,26,28). The number of fused-ring (bicyclic) bond motifs is 2. The highest BCUT2D eigenvalue weighted by Gasteiger charge is 2.20. The molecule has 1 aromatic heterocycles. The molecule has 0 fully saturated rings. The van der Waals surface area contributed by atoms with E-state index in [4.69, 9.17) is 16.3 Å². The number of hydrogen-bond acceptors (Lipinski definition) is 6. The number of hydrogen-bond donors (Lipinski definition) is 1. The summed E-state index contributed by atoms with van der Waals surface area (Å²) in [5.41, 5.74) is 3.89. The van der Waals surface area contributed by atoms with Crippen LogP contribution < -0.4 is 14.4 Å². The fraction of sp³-hybridized carbons (Fsp3) is 0.130. The van der Waals surface area contributed by atoms with Gasteiger partial charge in [0.15, 0.2) is 5.13 Å². The van der Waals surface area contributed by atoms with Crippen LogP contribution in [0, 0.1) is 0 Å². The van der Waals surface area contributed by atoms with Gasteiger partial charge in [0, 0.05) is 22.0 Å². The molecule has 0 radical (unpaired) electrons. The molecule has 2 heterocycles. The Morgan fingerprint density at radius 1 is 1.16 bits per heavy atom. The fourth-order valence-corrected chi connectivity index (χ4v) is 5.54. The van der Waals surface area contributed by atoms with E-state index in [2.05, 4.69) is 20.7 Å². The molecule has 0 unspecified atom stereocenters. The van der Waals surface area contributed by atoms with Crippen molar-refractivity contribution in [1.29, 1.82) is 0 Å². The van der Waals surface area contributed by atoms with Crippen LogP contribution in [-0.4, -0.2) is 24.5 Å². The first-order valence-electron chi connectivity index (χ1n) is 9.69. The number of rotatable bonds is 5. The first-order chi connectivity index (χ1) is 15.1. The van der Waals surface area contributed by atoms with Gasteiger partial charge in [-0.2, -0.15) is 0 Å². The van der Waals surface area contributed by atoms with Gasteiger partial charge < -0.3 is 9.04 Å². The van der Waals surface area contributed by atoms with Crippen LogP contribution in [0.1, 0.15) is 15.9 Å². The van der Waals surface area contributed by atoms with Crippen LogP contribution in [0.25, 0.3) is 10.2 Å². The predicted octanol–water partition coefficient (Wildman–Crippen LogP) is 6.28. The van der Waals surface area contributed by atoms with Crippen LogP contribution in [0.2, 0.25) is 5.02 Å². The average molecular weight is 468 g/mol. The zero-order valence-corrected chi connectivity index (χ0v) is 19.0. The number of anilines is 2. The second kappa shape index (κ2) is 8.42. The summed E-state index contributed by atoms with van der Waals surface area (Å²) in [6, 6.07) is 19.3. The summed E-state index contributed by atoms with van der Waals surface area (Å²) in [7, 11) is 1.63. The Hall–Kier alpha value is -2.74. The van der Waals surface area contributed by atoms with E-state index in [0.29, 0.717) is 10.7 Å². The molecular formula is C23H18ClN3O2S2. The van der Waals surface area contributed by atoms with Crippen LogP contribution in [0.4, 0.5) is 10.8 Å². The van der Waals surface area contributed by atoms with E-state index in [-0.39, 0.29) is 5.91 Å². The first-order valence-corrected chi connectivity index (χ1v) is 11.7. The number of aromatic nitrogens is 1. The zero-order chi connectivity index (χ0) is 21.4. The number of amides is 1. The van der Waals surface area contributed by atoms with Crippen molar-refractivity contribution in [1.82, 2.24) is 4.98 Å². The van der Waals surface area contributed by atoms with Crippen LogP contribution in [0.5, 0.6) is 5.75 Å². The second-order valence-electron chi connectivity index (χ2n) is 7.05. The van der Waals surface area contributed by atoms with Crippen molar-refractivity contribution in [2.75, 3.05) is 23.3 Å². The maximum atomic E-state index is 12.7. The SMILES string of the molecule is COc1ccc2nc(NC(=O)c3ccc(SN4CCc5cc(Cl)ccc54)cc3)sc2c1. The third-order valence-electron chi connectivity index (χ3n) is 5.04. The molecule has 1 aliphatic heterocycles. The van der Waals surface area contributed by atoms with Crippen molar-refractivity contribution in [2.45, 2.75) is 11.3 Å². The largest absolute Gasteiger partial charge is 0.497 e. The fourth-order valence-electron chi connectivity index (χ4n) is 3.48. The van der Waals surface area contributed by atoms with Gasteiger partial charge >= 0.3 is 0 Å². The highest BCUT2D eigenvalue weighted by Crippen LogP contribution is 2.37. The Morgan fingerprint density at radius 3 is 2.81 bits per heavy atom. The quantitative estimate of drug-likeness (QED) is 0.350. The van der Waals surface area contributed by atoms with Crippen molar-refractivity contribution in [3.8, 4) is 5.75 Å². The van der Waals surface area contributed by atoms with Gasteiger partial charge in [0.25, 0.3) is 5.91 Å². The lowest BCUT2D eigenvalue weighted by molar-refractivity contribution is 0.102. The van der Waals surface area contributed by atoms with Crippen LogP contribution in [-0.2, 0) is 6.42 Å². The predicted molar refractivity (Wildman–Crippen MR) is 129 cm³/mol. The molecule has 0 saturated carbocycles. The number of ether oxygens (including phenoxy) is 1. The number of carbonyl (C=O) groups is 1. The summed E-state index contributed by atoms with van der Waals surface area (Å²) >= 11 is 9.19. The highest BCUT2D eigenvalue weighted by molar-refractivity contribution is 8.00. The van der Waals surface area contributed by atoms with Gasteiger partial charge in [-0.05, 0) is 84.6 Å². The molecule has 1 amide bonds. The van der Waals surface area contributed by atoms with Crippen molar-refractivity contribution in [3.63, 3.8) is 0 Å². The molecule has 31 heavy (non-hydrogen) atoms. The maximum Gasteiger partial charge on any atom is 0.257 e. The molecule has 4 aromatic rings. The Bertz CT molecular complexity index is 1270. The Kier molecular flexibility index (Phi) is 5.48. The van der Waals surface area contributed by atoms with E-state index in [0.717, 1.165) is 38.8 Å². The Labute approximate surface area is 193 Å². The van der Waals surface area contributed by atoms with Crippen molar-refractivity contribution in [2.24, 2.45) is 0 Å². The normalized spacial score (nSPS) is 12.8. The zero-order valence-electron chi connectivity index (χ0n) is 16.6. The van der Waals surface area contributed by atoms with Gasteiger partial charge in [0.05, 0.1) is 23.0 Å². The summed E-state index contributed by atoms with van der Waals surface area (Å²) in [4.78, 5) is 18.2. The van der Waals surface area contributed by atoms with E-state index in [1.807, 2.05) is 54.6 Å². The summed E-state index contributed by atoms with van der Waals surface area (Å²) in [5.74, 6) is 0.592. The molecule has 156 valence electrons. The molecule has 1 N–H and O–H groups in total. The molecule has 0 saturated heterocycles. The molecule has 8 heteroatoms. The molecule has 0 atom stereocenters. The maximum absolute atomic E-state index is 12.7. The number of nitrogens with one attached hydrogen (secondary N) is 1. The molecule has 0 spiro atoms. The van der Waals surface area contributed by atoms with Gasteiger partial charge in [0.1, 0.15) is 5.75 Å². The van der Waals surface area contributed by atoms with Gasteiger partial charge in [0.2, 0.25) is 0 Å². The van der Waals surface area contributed by atoms with E-state index < -0.39 is 0 Å². The summed E-state index contributed by atoms with van der Waals surface area (Å²) < 4.78 is 8.47. The summed E-state index contributed by atoms with van der Waals surface area (Å²) in [6.07, 6.45) is 0.984. The summed E-state index contributed by atoms with van der Waals surface area (Å²) in [5, 5.41) is 4.23. The van der Waals surface area contributed by atoms with Crippen LogP contribution >= 0.6 is 34.9 Å². The van der Waals surface area contributed by atoms with Crippen LogP contribution in [0.15, 0.2) is 65.6 Å². The molecule has 3 aromatic carbocycles. The van der Waals surface area contributed by atoms with Gasteiger partial charge in [-0.25, -0.2) is 4.98 Å². The van der Waals surface area contributed by atoms with E-state index in [1.165, 1.54) is 22.6 Å². The van der Waals surface area contributed by atoms with E-state index >= 15 is 0 Å². The van der Waals surface area contributed by atoms with Gasteiger partial charge in [-0.3, -0.25) is 10.1 Å². The minimum Gasteiger partial charge on any atom is -0.497 e. The Morgan fingerprint density at radius 2 is 2.00 bits per heavy atom. The number of halogens is 1. The van der Waals surface area contributed by atoms with Crippen molar-refractivity contribution in [3.05, 3.63) is 76.8 Å². The van der Waals surface area contributed by atoms with Gasteiger partial charge in [-0.1, -0.05) is 22.9 Å². The van der Waals surface area contributed by atoms with Crippen LogP contribution in [0.3, 0.4) is 0 Å². The lowest BCUT2D eigenvalue weighted by atomic mass is 10.2. The number of thiazole rings is 1. The lowest BCUT2D eigenvalue weighted by Gasteiger charge is -2.18. The Balaban J connectivity index is 1.26. The molecule has 0 bridgehead atoms. The van der Waals surface area contributed by atoms with E-state index in [1.54, 1.807) is 19.1 Å². The van der Waals surface area contributed by atoms with Crippen molar-refractivity contribution >= 4 is 61.8 Å². The molecule has 5 rings (SSSR count).